The Balaban J connectivity index is 1.51. The van der Waals surface area contributed by atoms with Crippen LogP contribution in [0.15, 0.2) is 36.4 Å². The average molecular weight is 457 g/mol. The number of carbonyl (C=O) groups excluding carboxylic acids is 2. The molecule has 2 aromatic heterocycles. The minimum absolute atomic E-state index is 0.0340. The molecule has 0 spiro atoms. The second kappa shape index (κ2) is 8.52. The molecule has 4 aromatic rings. The number of aromatic nitrogens is 3. The van der Waals surface area contributed by atoms with Gasteiger partial charge in [0, 0.05) is 44.7 Å². The van der Waals surface area contributed by atoms with Crippen LogP contribution in [0.1, 0.15) is 16.8 Å². The molecule has 31 heavy (non-hydrogen) atoms. The van der Waals surface area contributed by atoms with Gasteiger partial charge in [-0.05, 0) is 36.4 Å². The van der Waals surface area contributed by atoms with E-state index in [-0.39, 0.29) is 24.8 Å². The van der Waals surface area contributed by atoms with Crippen molar-refractivity contribution >= 4 is 67.1 Å². The van der Waals surface area contributed by atoms with Crippen molar-refractivity contribution in [3.63, 3.8) is 0 Å². The number of hydrogen-bond acceptors (Lipinski definition) is 6. The van der Waals surface area contributed by atoms with E-state index in [1.807, 2.05) is 35.9 Å². The number of amides is 2. The SMILES string of the molecule is CN(C)C(=O)CCNC(=O)c1ccc2c(c1)nc(Nc1nc3ccc(Cl)cc3s1)n2C. The van der Waals surface area contributed by atoms with Crippen molar-refractivity contribution in [1.82, 2.24) is 24.8 Å². The molecule has 0 bridgehead atoms. The Kier molecular flexibility index (Phi) is 5.79. The maximum atomic E-state index is 12.4. The Morgan fingerprint density at radius 3 is 2.71 bits per heavy atom. The first-order valence-corrected chi connectivity index (χ1v) is 10.8. The lowest BCUT2D eigenvalue weighted by atomic mass is 10.2. The highest BCUT2D eigenvalue weighted by atomic mass is 35.5. The van der Waals surface area contributed by atoms with Gasteiger partial charge in [-0.15, -0.1) is 0 Å². The van der Waals surface area contributed by atoms with Crippen LogP contribution in [-0.2, 0) is 11.8 Å². The number of aryl methyl sites for hydroxylation is 1. The third kappa shape index (κ3) is 4.47. The molecule has 2 aromatic carbocycles. The first kappa shape index (κ1) is 21.1. The highest BCUT2D eigenvalue weighted by Crippen LogP contribution is 2.31. The highest BCUT2D eigenvalue weighted by Gasteiger charge is 2.14. The fourth-order valence-electron chi connectivity index (χ4n) is 3.11. The lowest BCUT2D eigenvalue weighted by Crippen LogP contribution is -2.30. The number of rotatable bonds is 6. The predicted molar refractivity (Wildman–Crippen MR) is 124 cm³/mol. The van der Waals surface area contributed by atoms with Crippen LogP contribution in [0.4, 0.5) is 11.1 Å². The van der Waals surface area contributed by atoms with E-state index in [1.165, 1.54) is 16.2 Å². The number of halogens is 1. The van der Waals surface area contributed by atoms with Gasteiger partial charge in [0.05, 0.1) is 21.3 Å². The van der Waals surface area contributed by atoms with E-state index >= 15 is 0 Å². The Morgan fingerprint density at radius 2 is 1.94 bits per heavy atom. The molecule has 2 N–H and O–H groups in total. The van der Waals surface area contributed by atoms with Crippen LogP contribution in [0.3, 0.4) is 0 Å². The van der Waals surface area contributed by atoms with Crippen molar-refractivity contribution in [2.24, 2.45) is 7.05 Å². The number of fused-ring (bicyclic) bond motifs is 2. The molecule has 160 valence electrons. The number of carbonyl (C=O) groups is 2. The molecular weight excluding hydrogens is 436 g/mol. The van der Waals surface area contributed by atoms with Crippen LogP contribution < -0.4 is 10.6 Å². The second-order valence-electron chi connectivity index (χ2n) is 7.25. The maximum Gasteiger partial charge on any atom is 0.251 e. The van der Waals surface area contributed by atoms with Crippen LogP contribution in [0, 0.1) is 0 Å². The van der Waals surface area contributed by atoms with Crippen molar-refractivity contribution < 1.29 is 9.59 Å². The van der Waals surface area contributed by atoms with E-state index in [2.05, 4.69) is 20.6 Å². The quantitative estimate of drug-likeness (QED) is 0.460. The van der Waals surface area contributed by atoms with E-state index < -0.39 is 0 Å². The number of nitrogens with zero attached hydrogens (tertiary/aromatic N) is 4. The van der Waals surface area contributed by atoms with Gasteiger partial charge in [0.15, 0.2) is 5.13 Å². The van der Waals surface area contributed by atoms with Gasteiger partial charge in [-0.2, -0.15) is 0 Å². The highest BCUT2D eigenvalue weighted by molar-refractivity contribution is 7.22. The average Bonchev–Trinajstić information content (AvgIpc) is 3.27. The van der Waals surface area contributed by atoms with Crippen molar-refractivity contribution in [2.75, 3.05) is 26.0 Å². The molecule has 2 heterocycles. The largest absolute Gasteiger partial charge is 0.352 e. The van der Waals surface area contributed by atoms with Crippen LogP contribution in [0.25, 0.3) is 21.3 Å². The summed E-state index contributed by atoms with van der Waals surface area (Å²) in [5, 5.41) is 7.40. The van der Waals surface area contributed by atoms with Gasteiger partial charge in [0.2, 0.25) is 11.9 Å². The predicted octanol–water partition coefficient (Wildman–Crippen LogP) is 3.79. The van der Waals surface area contributed by atoms with E-state index in [1.54, 1.807) is 26.2 Å². The fourth-order valence-corrected chi connectivity index (χ4v) is 4.24. The normalized spacial score (nSPS) is 11.1. The molecule has 0 aliphatic rings. The molecule has 8 nitrogen and oxygen atoms in total. The molecule has 0 aliphatic carbocycles. The maximum absolute atomic E-state index is 12.4. The summed E-state index contributed by atoms with van der Waals surface area (Å²) in [7, 11) is 5.27. The van der Waals surface area contributed by atoms with Gasteiger partial charge in [-0.1, -0.05) is 22.9 Å². The zero-order valence-electron chi connectivity index (χ0n) is 17.3. The third-order valence-electron chi connectivity index (χ3n) is 4.84. The number of anilines is 2. The summed E-state index contributed by atoms with van der Waals surface area (Å²) in [4.78, 5) is 34.8. The van der Waals surface area contributed by atoms with E-state index in [0.717, 1.165) is 15.7 Å². The molecular formula is C21H21ClN6O2S. The van der Waals surface area contributed by atoms with E-state index in [0.29, 0.717) is 27.2 Å². The van der Waals surface area contributed by atoms with Crippen LogP contribution >= 0.6 is 22.9 Å². The summed E-state index contributed by atoms with van der Waals surface area (Å²) in [5.74, 6) is 0.347. The Bertz CT molecular complexity index is 1300. The first-order chi connectivity index (χ1) is 14.8. The minimum Gasteiger partial charge on any atom is -0.352 e. The number of imidazole rings is 1. The monoisotopic (exact) mass is 456 g/mol. The van der Waals surface area contributed by atoms with Gasteiger partial charge >= 0.3 is 0 Å². The van der Waals surface area contributed by atoms with Crippen molar-refractivity contribution in [2.45, 2.75) is 6.42 Å². The molecule has 0 radical (unpaired) electrons. The summed E-state index contributed by atoms with van der Waals surface area (Å²) >= 11 is 7.55. The molecule has 2 amide bonds. The number of nitrogens with one attached hydrogen (secondary N) is 2. The van der Waals surface area contributed by atoms with Gasteiger partial charge in [0.25, 0.3) is 5.91 Å². The number of hydrogen-bond donors (Lipinski definition) is 2. The standard InChI is InChI=1S/C21H21ClN6O2S/c1-27(2)18(29)8-9-23-19(30)12-4-7-16-15(10-12)24-20(28(16)3)26-21-25-14-6-5-13(22)11-17(14)31-21/h4-7,10-11H,8-9H2,1-3H3,(H,23,30)(H,24,25,26). The molecule has 0 atom stereocenters. The smallest absolute Gasteiger partial charge is 0.251 e. The van der Waals surface area contributed by atoms with Crippen molar-refractivity contribution in [3.05, 3.63) is 47.0 Å². The molecule has 0 fully saturated rings. The lowest BCUT2D eigenvalue weighted by molar-refractivity contribution is -0.128. The van der Waals surface area contributed by atoms with Crippen LogP contribution in [-0.4, -0.2) is 51.9 Å². The third-order valence-corrected chi connectivity index (χ3v) is 6.00. The van der Waals surface area contributed by atoms with E-state index in [4.69, 9.17) is 11.6 Å². The molecule has 10 heteroatoms. The molecule has 0 saturated heterocycles. The van der Waals surface area contributed by atoms with Gasteiger partial charge in [0.1, 0.15) is 0 Å². The fraction of sp³-hybridized carbons (Fsp3) is 0.238. The molecule has 4 rings (SSSR count). The summed E-state index contributed by atoms with van der Waals surface area (Å²) in [5.41, 5.74) is 2.92. The summed E-state index contributed by atoms with van der Waals surface area (Å²) in [6.07, 6.45) is 0.256. The second-order valence-corrected chi connectivity index (χ2v) is 8.72. The van der Waals surface area contributed by atoms with Crippen molar-refractivity contribution in [3.8, 4) is 0 Å². The zero-order valence-corrected chi connectivity index (χ0v) is 18.8. The lowest BCUT2D eigenvalue weighted by Gasteiger charge is -2.10. The van der Waals surface area contributed by atoms with Crippen LogP contribution in [0.2, 0.25) is 5.02 Å². The number of thiazole rings is 1. The molecule has 0 saturated carbocycles. The van der Waals surface area contributed by atoms with Gasteiger partial charge in [-0.3, -0.25) is 9.59 Å². The van der Waals surface area contributed by atoms with Crippen molar-refractivity contribution in [1.29, 1.82) is 0 Å². The zero-order chi connectivity index (χ0) is 22.1. The van der Waals surface area contributed by atoms with Gasteiger partial charge < -0.3 is 20.1 Å². The van der Waals surface area contributed by atoms with E-state index in [9.17, 15) is 9.59 Å². The minimum atomic E-state index is -0.239. The van der Waals surface area contributed by atoms with Gasteiger partial charge in [-0.25, -0.2) is 9.97 Å². The Morgan fingerprint density at radius 1 is 1.13 bits per heavy atom. The first-order valence-electron chi connectivity index (χ1n) is 9.60. The summed E-state index contributed by atoms with van der Waals surface area (Å²) < 4.78 is 2.90. The van der Waals surface area contributed by atoms with Crippen LogP contribution in [0.5, 0.6) is 0 Å². The topological polar surface area (TPSA) is 92.2 Å². The Hall–Kier alpha value is -3.17. The number of benzene rings is 2. The molecule has 0 unspecified atom stereocenters. The summed E-state index contributed by atoms with van der Waals surface area (Å²) in [6.45, 7) is 0.282. The summed E-state index contributed by atoms with van der Waals surface area (Å²) in [6, 6.07) is 10.9. The Labute approximate surface area is 187 Å². The molecule has 0 aliphatic heterocycles.